The van der Waals surface area contributed by atoms with Gasteiger partial charge in [-0.3, -0.25) is 9.48 Å². The summed E-state index contributed by atoms with van der Waals surface area (Å²) in [6, 6.07) is 5.63. The molecule has 25 heavy (non-hydrogen) atoms. The van der Waals surface area contributed by atoms with E-state index >= 15 is 0 Å². The van der Waals surface area contributed by atoms with Gasteiger partial charge in [0.25, 0.3) is 0 Å². The minimum Gasteiger partial charge on any atom is -0.461 e. The van der Waals surface area contributed by atoms with Crippen molar-refractivity contribution in [3.63, 3.8) is 0 Å². The van der Waals surface area contributed by atoms with Gasteiger partial charge in [-0.2, -0.15) is 10.1 Å². The maximum Gasteiger partial charge on any atom is 0.238 e. The van der Waals surface area contributed by atoms with Gasteiger partial charge in [0.1, 0.15) is 0 Å². The molecule has 3 aromatic rings. The second kappa shape index (κ2) is 6.92. The molecule has 0 N–H and O–H groups in total. The van der Waals surface area contributed by atoms with Gasteiger partial charge in [0.2, 0.25) is 17.6 Å². The number of aryl methyl sites for hydroxylation is 1. The van der Waals surface area contributed by atoms with Gasteiger partial charge in [0, 0.05) is 31.8 Å². The van der Waals surface area contributed by atoms with Gasteiger partial charge in [0.05, 0.1) is 18.8 Å². The fourth-order valence-corrected chi connectivity index (χ4v) is 3.20. The average Bonchev–Trinajstić information content (AvgIpc) is 3.39. The second-order valence-corrected chi connectivity index (χ2v) is 6.10. The van der Waals surface area contributed by atoms with Crippen molar-refractivity contribution < 1.29 is 13.7 Å². The van der Waals surface area contributed by atoms with Crippen LogP contribution in [0.15, 0.2) is 45.8 Å². The van der Waals surface area contributed by atoms with Crippen LogP contribution in [0.3, 0.4) is 0 Å². The molecule has 4 heterocycles. The van der Waals surface area contributed by atoms with Crippen LogP contribution in [0.2, 0.25) is 0 Å². The first kappa shape index (κ1) is 15.6. The van der Waals surface area contributed by atoms with Crippen molar-refractivity contribution >= 4 is 5.91 Å². The average molecular weight is 341 g/mol. The summed E-state index contributed by atoms with van der Waals surface area (Å²) in [5, 5.41) is 8.11. The summed E-state index contributed by atoms with van der Waals surface area (Å²) in [5.41, 5.74) is 0. The third-order valence-electron chi connectivity index (χ3n) is 4.42. The van der Waals surface area contributed by atoms with Crippen molar-refractivity contribution in [2.45, 2.75) is 38.3 Å². The zero-order chi connectivity index (χ0) is 17.1. The first-order chi connectivity index (χ1) is 12.3. The third kappa shape index (κ3) is 3.47. The van der Waals surface area contributed by atoms with Crippen LogP contribution >= 0.6 is 0 Å². The predicted octanol–water partition coefficient (Wildman–Crippen LogP) is 2.15. The van der Waals surface area contributed by atoms with Gasteiger partial charge in [-0.1, -0.05) is 5.16 Å². The molecule has 1 amide bonds. The summed E-state index contributed by atoms with van der Waals surface area (Å²) < 4.78 is 12.3. The van der Waals surface area contributed by atoms with Crippen LogP contribution in [-0.4, -0.2) is 43.3 Å². The fraction of sp³-hybridized carbons (Fsp3) is 0.412. The molecule has 0 unspecified atom stereocenters. The lowest BCUT2D eigenvalue weighted by atomic mass is 10.2. The quantitative estimate of drug-likeness (QED) is 0.682. The number of hydrogen-bond donors (Lipinski definition) is 0. The van der Waals surface area contributed by atoms with Gasteiger partial charge in [0.15, 0.2) is 5.76 Å². The maximum absolute atomic E-state index is 12.6. The molecule has 1 fully saturated rings. The molecule has 0 radical (unpaired) electrons. The summed E-state index contributed by atoms with van der Waals surface area (Å²) in [5.74, 6) is 1.53. The second-order valence-electron chi connectivity index (χ2n) is 6.10. The van der Waals surface area contributed by atoms with Crippen molar-refractivity contribution in [1.29, 1.82) is 0 Å². The Balaban J connectivity index is 1.34. The lowest BCUT2D eigenvalue weighted by molar-refractivity contribution is -0.132. The molecule has 1 aliphatic rings. The minimum absolute atomic E-state index is 0.118. The van der Waals surface area contributed by atoms with E-state index < -0.39 is 0 Å². The Bertz CT molecular complexity index is 809. The van der Waals surface area contributed by atoms with Gasteiger partial charge < -0.3 is 13.8 Å². The van der Waals surface area contributed by atoms with E-state index in [4.69, 9.17) is 8.94 Å². The Morgan fingerprint density at radius 2 is 2.32 bits per heavy atom. The highest BCUT2D eigenvalue weighted by atomic mass is 16.5. The highest BCUT2D eigenvalue weighted by Gasteiger charge is 2.29. The van der Waals surface area contributed by atoms with E-state index in [-0.39, 0.29) is 11.9 Å². The molecule has 0 aliphatic carbocycles. The maximum atomic E-state index is 12.6. The SMILES string of the molecule is O=C(CCc1nc(-c2ccco2)no1)N1CCC[C@@H]1Cn1cccn1. The molecule has 8 heteroatoms. The lowest BCUT2D eigenvalue weighted by Gasteiger charge is -2.24. The Labute approximate surface area is 144 Å². The third-order valence-corrected chi connectivity index (χ3v) is 4.42. The fourth-order valence-electron chi connectivity index (χ4n) is 3.20. The molecule has 0 saturated carbocycles. The van der Waals surface area contributed by atoms with Crippen LogP contribution in [0.25, 0.3) is 11.6 Å². The number of carbonyl (C=O) groups is 1. The summed E-state index contributed by atoms with van der Waals surface area (Å²) in [7, 11) is 0. The lowest BCUT2D eigenvalue weighted by Crippen LogP contribution is -2.38. The zero-order valence-corrected chi connectivity index (χ0v) is 13.7. The molecule has 0 bridgehead atoms. The van der Waals surface area contributed by atoms with Crippen LogP contribution in [0.4, 0.5) is 0 Å². The van der Waals surface area contributed by atoms with Gasteiger partial charge in [-0.25, -0.2) is 0 Å². The monoisotopic (exact) mass is 341 g/mol. The molecule has 1 saturated heterocycles. The Morgan fingerprint density at radius 1 is 1.36 bits per heavy atom. The Hall–Kier alpha value is -2.90. The van der Waals surface area contributed by atoms with Crippen LogP contribution < -0.4 is 0 Å². The summed E-state index contributed by atoms with van der Waals surface area (Å²) in [6.07, 6.45) is 8.06. The molecule has 0 aromatic carbocycles. The van der Waals surface area contributed by atoms with Gasteiger partial charge in [-0.15, -0.1) is 0 Å². The number of amides is 1. The molecule has 1 atom stereocenters. The first-order valence-electron chi connectivity index (χ1n) is 8.43. The van der Waals surface area contributed by atoms with E-state index in [2.05, 4.69) is 15.2 Å². The molecular formula is C17H19N5O3. The van der Waals surface area contributed by atoms with Crippen LogP contribution in [-0.2, 0) is 17.8 Å². The van der Waals surface area contributed by atoms with E-state index in [0.29, 0.717) is 30.3 Å². The molecule has 1 aliphatic heterocycles. The first-order valence-corrected chi connectivity index (χ1v) is 8.43. The van der Waals surface area contributed by atoms with Crippen molar-refractivity contribution in [2.24, 2.45) is 0 Å². The molecule has 0 spiro atoms. The van der Waals surface area contributed by atoms with Gasteiger partial charge >= 0.3 is 0 Å². The van der Waals surface area contributed by atoms with Crippen molar-refractivity contribution in [2.75, 3.05) is 6.54 Å². The molecule has 4 rings (SSSR count). The number of hydrogen-bond acceptors (Lipinski definition) is 6. The standard InChI is InChI=1S/C17H19N5O3/c23-16(22-10-1-4-13(22)12-21-9-3-8-18-21)7-6-15-19-17(20-25-15)14-5-2-11-24-14/h2-3,5,8-9,11,13H,1,4,6-7,10,12H2/t13-/m1/s1. The van der Waals surface area contributed by atoms with Crippen molar-refractivity contribution in [1.82, 2.24) is 24.8 Å². The predicted molar refractivity (Wildman–Crippen MR) is 87.3 cm³/mol. The normalized spacial score (nSPS) is 17.3. The Morgan fingerprint density at radius 3 is 3.12 bits per heavy atom. The number of nitrogens with zero attached hydrogens (tertiary/aromatic N) is 5. The largest absolute Gasteiger partial charge is 0.461 e. The van der Waals surface area contributed by atoms with Gasteiger partial charge in [-0.05, 0) is 31.0 Å². The van der Waals surface area contributed by atoms with E-state index in [1.807, 2.05) is 21.8 Å². The highest BCUT2D eigenvalue weighted by molar-refractivity contribution is 5.77. The van der Waals surface area contributed by atoms with Crippen LogP contribution in [0.1, 0.15) is 25.2 Å². The van der Waals surface area contributed by atoms with Crippen LogP contribution in [0.5, 0.6) is 0 Å². The summed E-state index contributed by atoms with van der Waals surface area (Å²) in [6.45, 7) is 1.54. The zero-order valence-electron chi connectivity index (χ0n) is 13.7. The summed E-state index contributed by atoms with van der Waals surface area (Å²) >= 11 is 0. The van der Waals surface area contributed by atoms with Crippen molar-refractivity contribution in [3.05, 3.63) is 42.7 Å². The number of likely N-dealkylation sites (tertiary alicyclic amines) is 1. The topological polar surface area (TPSA) is 90.2 Å². The molecular weight excluding hydrogens is 322 g/mol. The number of carbonyl (C=O) groups excluding carboxylic acids is 1. The van der Waals surface area contributed by atoms with E-state index in [9.17, 15) is 4.79 Å². The van der Waals surface area contributed by atoms with E-state index in [1.54, 1.807) is 24.6 Å². The molecule has 130 valence electrons. The molecule has 8 nitrogen and oxygen atoms in total. The summed E-state index contributed by atoms with van der Waals surface area (Å²) in [4.78, 5) is 18.8. The number of aromatic nitrogens is 4. The van der Waals surface area contributed by atoms with E-state index in [1.165, 1.54) is 0 Å². The number of rotatable bonds is 6. The smallest absolute Gasteiger partial charge is 0.238 e. The van der Waals surface area contributed by atoms with Crippen molar-refractivity contribution in [3.8, 4) is 11.6 Å². The van der Waals surface area contributed by atoms with E-state index in [0.717, 1.165) is 25.9 Å². The molecule has 3 aromatic heterocycles. The van der Waals surface area contributed by atoms with Crippen LogP contribution in [0, 0.1) is 0 Å². The number of furan rings is 1. The Kier molecular flexibility index (Phi) is 4.32. The minimum atomic E-state index is 0.118. The highest BCUT2D eigenvalue weighted by Crippen LogP contribution is 2.21.